The first-order valence-corrected chi connectivity index (χ1v) is 10.9. The summed E-state index contributed by atoms with van der Waals surface area (Å²) in [6.45, 7) is 1.93. The third kappa shape index (κ3) is 5.01. The van der Waals surface area contributed by atoms with E-state index in [4.69, 9.17) is 0 Å². The lowest BCUT2D eigenvalue weighted by Gasteiger charge is -2.20. The van der Waals surface area contributed by atoms with Crippen LogP contribution in [0.25, 0.3) is 0 Å². The number of nitrogens with one attached hydrogen (secondary N) is 2. The topological polar surface area (TPSA) is 73.8 Å². The zero-order chi connectivity index (χ0) is 20.0. The number of anilines is 1. The van der Waals surface area contributed by atoms with Gasteiger partial charge in [-0.25, -0.2) is 12.8 Å². The monoisotopic (exact) mass is 404 g/mol. The Balaban J connectivity index is 1.50. The summed E-state index contributed by atoms with van der Waals surface area (Å²) in [4.78, 5) is 6.20. The molecule has 1 saturated heterocycles. The van der Waals surface area contributed by atoms with E-state index in [1.807, 2.05) is 18.2 Å². The summed E-state index contributed by atoms with van der Waals surface area (Å²) >= 11 is 0. The molecule has 0 aliphatic carbocycles. The molecule has 150 valence electrons. The van der Waals surface area contributed by atoms with Crippen LogP contribution in [0.3, 0.4) is 0 Å². The zero-order valence-corrected chi connectivity index (χ0v) is 16.6. The molecule has 8 heteroatoms. The molecular formula is C20H25FN4O2S. The van der Waals surface area contributed by atoms with Crippen molar-refractivity contribution in [2.45, 2.75) is 17.4 Å². The van der Waals surface area contributed by atoms with Crippen LogP contribution < -0.4 is 15.5 Å². The summed E-state index contributed by atoms with van der Waals surface area (Å²) in [5, 5.41) is 6.35. The summed E-state index contributed by atoms with van der Waals surface area (Å²) in [6.07, 6.45) is 0.961. The molecule has 6 nitrogen and oxygen atoms in total. The van der Waals surface area contributed by atoms with E-state index in [-0.39, 0.29) is 23.2 Å². The first kappa shape index (κ1) is 20.1. The fourth-order valence-electron chi connectivity index (χ4n) is 3.25. The molecule has 1 heterocycles. The van der Waals surface area contributed by atoms with E-state index in [0.29, 0.717) is 5.96 Å². The second-order valence-corrected chi connectivity index (χ2v) is 8.74. The van der Waals surface area contributed by atoms with Crippen molar-refractivity contribution in [2.75, 3.05) is 37.3 Å². The van der Waals surface area contributed by atoms with Crippen molar-refractivity contribution >= 4 is 21.5 Å². The number of hydrogen-bond donors (Lipinski definition) is 2. The van der Waals surface area contributed by atoms with Crippen molar-refractivity contribution in [1.29, 1.82) is 0 Å². The molecule has 1 atom stereocenters. The maximum atomic E-state index is 13.7. The van der Waals surface area contributed by atoms with Crippen LogP contribution >= 0.6 is 0 Å². The smallest absolute Gasteiger partial charge is 0.191 e. The molecule has 28 heavy (non-hydrogen) atoms. The molecule has 1 aliphatic heterocycles. The molecule has 2 aromatic rings. The SMILES string of the molecule is CN=C(NCCS(=O)(=O)c1ccccc1F)NC1CCN(c2ccccc2)C1. The van der Waals surface area contributed by atoms with Gasteiger partial charge in [0, 0.05) is 38.4 Å². The average Bonchev–Trinajstić information content (AvgIpc) is 3.16. The Morgan fingerprint density at radius 1 is 1.18 bits per heavy atom. The molecule has 0 aromatic heterocycles. The van der Waals surface area contributed by atoms with E-state index >= 15 is 0 Å². The fourth-order valence-corrected chi connectivity index (χ4v) is 4.49. The van der Waals surface area contributed by atoms with Gasteiger partial charge in [-0.2, -0.15) is 0 Å². The predicted molar refractivity (Wildman–Crippen MR) is 110 cm³/mol. The Hall–Kier alpha value is -2.61. The quantitative estimate of drug-likeness (QED) is 0.569. The standard InChI is InChI=1S/C20H25FN4O2S/c1-22-20(23-12-14-28(26,27)19-10-6-5-9-18(19)21)24-16-11-13-25(15-16)17-7-3-2-4-8-17/h2-10,16H,11-15H2,1H3,(H2,22,23,24). The number of para-hydroxylation sites is 1. The number of hydrogen-bond acceptors (Lipinski definition) is 4. The zero-order valence-electron chi connectivity index (χ0n) is 15.8. The van der Waals surface area contributed by atoms with Crippen molar-refractivity contribution < 1.29 is 12.8 Å². The van der Waals surface area contributed by atoms with Gasteiger partial charge >= 0.3 is 0 Å². The minimum atomic E-state index is -3.70. The summed E-state index contributed by atoms with van der Waals surface area (Å²) < 4.78 is 38.4. The molecular weight excluding hydrogens is 379 g/mol. The van der Waals surface area contributed by atoms with E-state index in [9.17, 15) is 12.8 Å². The highest BCUT2D eigenvalue weighted by Crippen LogP contribution is 2.19. The van der Waals surface area contributed by atoms with Gasteiger partial charge in [0.15, 0.2) is 15.8 Å². The first-order chi connectivity index (χ1) is 13.5. The molecule has 3 rings (SSSR count). The summed E-state index contributed by atoms with van der Waals surface area (Å²) in [6, 6.07) is 15.9. The Bertz CT molecular complexity index is 919. The number of nitrogens with zero attached hydrogens (tertiary/aromatic N) is 2. The predicted octanol–water partition coefficient (Wildman–Crippen LogP) is 2.04. The highest BCUT2D eigenvalue weighted by atomic mass is 32.2. The van der Waals surface area contributed by atoms with Gasteiger partial charge in [-0.15, -0.1) is 0 Å². The van der Waals surface area contributed by atoms with Gasteiger partial charge in [0.25, 0.3) is 0 Å². The van der Waals surface area contributed by atoms with Gasteiger partial charge in [0.05, 0.1) is 5.75 Å². The summed E-state index contributed by atoms with van der Waals surface area (Å²) in [5.74, 6) is -0.393. The second kappa shape index (κ2) is 9.05. The fraction of sp³-hybridized carbons (Fsp3) is 0.350. The van der Waals surface area contributed by atoms with Gasteiger partial charge in [-0.05, 0) is 30.7 Å². The normalized spacial score (nSPS) is 17.6. The van der Waals surface area contributed by atoms with Gasteiger partial charge in [-0.3, -0.25) is 4.99 Å². The first-order valence-electron chi connectivity index (χ1n) is 9.24. The maximum Gasteiger partial charge on any atom is 0.191 e. The van der Waals surface area contributed by atoms with Crippen LogP contribution in [0, 0.1) is 5.82 Å². The number of aliphatic imine (C=N–C) groups is 1. The minimum Gasteiger partial charge on any atom is -0.369 e. The van der Waals surface area contributed by atoms with E-state index in [2.05, 4.69) is 32.7 Å². The molecule has 1 fully saturated rings. The van der Waals surface area contributed by atoms with Crippen molar-refractivity contribution in [3.8, 4) is 0 Å². The number of rotatable bonds is 6. The maximum absolute atomic E-state index is 13.7. The molecule has 0 spiro atoms. The summed E-state index contributed by atoms with van der Waals surface area (Å²) in [7, 11) is -2.05. The molecule has 0 amide bonds. The molecule has 0 radical (unpaired) electrons. The number of guanidine groups is 1. The molecule has 2 aromatic carbocycles. The lowest BCUT2D eigenvalue weighted by molar-refractivity contribution is 0.566. The largest absolute Gasteiger partial charge is 0.369 e. The highest BCUT2D eigenvalue weighted by Gasteiger charge is 2.24. The van der Waals surface area contributed by atoms with Crippen molar-refractivity contribution in [2.24, 2.45) is 4.99 Å². The van der Waals surface area contributed by atoms with E-state index in [0.717, 1.165) is 25.6 Å². The lowest BCUT2D eigenvalue weighted by atomic mass is 10.3. The van der Waals surface area contributed by atoms with Crippen LogP contribution in [0.15, 0.2) is 64.5 Å². The molecule has 0 bridgehead atoms. The van der Waals surface area contributed by atoms with E-state index < -0.39 is 15.7 Å². The lowest BCUT2D eigenvalue weighted by Crippen LogP contribution is -2.45. The van der Waals surface area contributed by atoms with Crippen molar-refractivity contribution in [3.05, 3.63) is 60.4 Å². The van der Waals surface area contributed by atoms with Crippen LogP contribution in [-0.2, 0) is 9.84 Å². The molecule has 2 N–H and O–H groups in total. The van der Waals surface area contributed by atoms with Crippen LogP contribution in [0.1, 0.15) is 6.42 Å². The molecule has 1 aliphatic rings. The Labute approximate surface area is 165 Å². The second-order valence-electron chi connectivity index (χ2n) is 6.66. The van der Waals surface area contributed by atoms with Gasteiger partial charge in [0.2, 0.25) is 0 Å². The number of benzene rings is 2. The Kier molecular flexibility index (Phi) is 6.51. The van der Waals surface area contributed by atoms with Crippen LogP contribution in [0.5, 0.6) is 0 Å². The number of sulfone groups is 1. The van der Waals surface area contributed by atoms with Crippen molar-refractivity contribution in [1.82, 2.24) is 10.6 Å². The molecule has 0 saturated carbocycles. The molecule has 1 unspecified atom stereocenters. The Morgan fingerprint density at radius 2 is 1.89 bits per heavy atom. The van der Waals surface area contributed by atoms with Crippen LogP contribution in [-0.4, -0.2) is 52.9 Å². The van der Waals surface area contributed by atoms with Crippen LogP contribution in [0.2, 0.25) is 0 Å². The van der Waals surface area contributed by atoms with E-state index in [1.165, 1.54) is 23.9 Å². The average molecular weight is 405 g/mol. The van der Waals surface area contributed by atoms with Gasteiger partial charge in [-0.1, -0.05) is 30.3 Å². The number of halogens is 1. The third-order valence-corrected chi connectivity index (χ3v) is 6.45. The van der Waals surface area contributed by atoms with Gasteiger partial charge < -0.3 is 15.5 Å². The minimum absolute atomic E-state index is 0.144. The summed E-state index contributed by atoms with van der Waals surface area (Å²) in [5.41, 5.74) is 1.19. The Morgan fingerprint density at radius 3 is 2.61 bits per heavy atom. The van der Waals surface area contributed by atoms with Gasteiger partial charge in [0.1, 0.15) is 10.7 Å². The highest BCUT2D eigenvalue weighted by molar-refractivity contribution is 7.91. The van der Waals surface area contributed by atoms with E-state index in [1.54, 1.807) is 7.05 Å². The third-order valence-electron chi connectivity index (χ3n) is 4.71. The van der Waals surface area contributed by atoms with Crippen molar-refractivity contribution in [3.63, 3.8) is 0 Å². The van der Waals surface area contributed by atoms with Crippen LogP contribution in [0.4, 0.5) is 10.1 Å².